The standard InChI is InChI=1S/C15H19BrFN3/c1-9-2-4-10(5-3-9)8-20-14-6-11(16)12(17)7-13(14)19-15(20)18/h6-7,9-10H,2-5,8H2,1H3,(H2,18,19). The maximum absolute atomic E-state index is 13.6. The molecule has 1 saturated carbocycles. The van der Waals surface area contributed by atoms with E-state index >= 15 is 0 Å². The van der Waals surface area contributed by atoms with Crippen molar-refractivity contribution in [3.05, 3.63) is 22.4 Å². The number of imidazole rings is 1. The van der Waals surface area contributed by atoms with Gasteiger partial charge in [0.05, 0.1) is 15.5 Å². The van der Waals surface area contributed by atoms with Crippen LogP contribution < -0.4 is 5.73 Å². The molecular formula is C15H19BrFN3. The van der Waals surface area contributed by atoms with Crippen LogP contribution in [0.15, 0.2) is 16.6 Å². The van der Waals surface area contributed by atoms with Crippen LogP contribution in [-0.2, 0) is 6.54 Å². The summed E-state index contributed by atoms with van der Waals surface area (Å²) >= 11 is 3.24. The van der Waals surface area contributed by atoms with Crippen LogP contribution in [0.1, 0.15) is 32.6 Å². The summed E-state index contributed by atoms with van der Waals surface area (Å²) in [5.74, 6) is 1.67. The summed E-state index contributed by atoms with van der Waals surface area (Å²) in [6, 6.07) is 3.22. The Morgan fingerprint density at radius 1 is 1.35 bits per heavy atom. The van der Waals surface area contributed by atoms with Gasteiger partial charge < -0.3 is 10.3 Å². The van der Waals surface area contributed by atoms with Crippen LogP contribution in [0.5, 0.6) is 0 Å². The van der Waals surface area contributed by atoms with Gasteiger partial charge in [0, 0.05) is 12.6 Å². The van der Waals surface area contributed by atoms with Gasteiger partial charge in [-0.2, -0.15) is 0 Å². The molecule has 0 unspecified atom stereocenters. The Morgan fingerprint density at radius 3 is 2.75 bits per heavy atom. The average Bonchev–Trinajstić information content (AvgIpc) is 2.69. The van der Waals surface area contributed by atoms with Crippen molar-refractivity contribution in [2.24, 2.45) is 11.8 Å². The smallest absolute Gasteiger partial charge is 0.201 e. The van der Waals surface area contributed by atoms with Gasteiger partial charge in [0.25, 0.3) is 0 Å². The molecule has 0 radical (unpaired) electrons. The molecule has 0 saturated heterocycles. The summed E-state index contributed by atoms with van der Waals surface area (Å²) in [7, 11) is 0. The summed E-state index contributed by atoms with van der Waals surface area (Å²) < 4.78 is 16.0. The molecule has 3 nitrogen and oxygen atoms in total. The predicted octanol–water partition coefficient (Wildman–Crippen LogP) is 4.35. The van der Waals surface area contributed by atoms with Crippen LogP contribution >= 0.6 is 15.9 Å². The summed E-state index contributed by atoms with van der Waals surface area (Å²) in [6.07, 6.45) is 5.05. The monoisotopic (exact) mass is 339 g/mol. The van der Waals surface area contributed by atoms with E-state index in [9.17, 15) is 4.39 Å². The minimum atomic E-state index is -0.298. The van der Waals surface area contributed by atoms with Crippen molar-refractivity contribution in [2.75, 3.05) is 5.73 Å². The van der Waals surface area contributed by atoms with Crippen LogP contribution in [0.3, 0.4) is 0 Å². The van der Waals surface area contributed by atoms with Gasteiger partial charge in [0.1, 0.15) is 5.82 Å². The summed E-state index contributed by atoms with van der Waals surface area (Å²) in [5, 5.41) is 0. The van der Waals surface area contributed by atoms with Gasteiger partial charge in [0.2, 0.25) is 5.95 Å². The molecule has 1 aliphatic carbocycles. The van der Waals surface area contributed by atoms with Crippen molar-refractivity contribution in [3.63, 3.8) is 0 Å². The quantitative estimate of drug-likeness (QED) is 0.883. The lowest BCUT2D eigenvalue weighted by atomic mass is 9.83. The van der Waals surface area contributed by atoms with E-state index in [1.54, 1.807) is 6.07 Å². The Bertz CT molecular complexity index is 630. The van der Waals surface area contributed by atoms with Gasteiger partial charge in [-0.1, -0.05) is 19.8 Å². The third-order valence-electron chi connectivity index (χ3n) is 4.40. The molecular weight excluding hydrogens is 321 g/mol. The third kappa shape index (κ3) is 2.55. The predicted molar refractivity (Wildman–Crippen MR) is 82.9 cm³/mol. The number of nitrogens with zero attached hydrogens (tertiary/aromatic N) is 2. The van der Waals surface area contributed by atoms with E-state index in [1.807, 2.05) is 4.57 Å². The molecule has 3 rings (SSSR count). The van der Waals surface area contributed by atoms with Gasteiger partial charge in [0.15, 0.2) is 0 Å². The number of nitrogen functional groups attached to an aromatic ring is 1. The lowest BCUT2D eigenvalue weighted by Gasteiger charge is -2.26. The summed E-state index contributed by atoms with van der Waals surface area (Å²) in [5.41, 5.74) is 7.56. The lowest BCUT2D eigenvalue weighted by molar-refractivity contribution is 0.267. The fourth-order valence-corrected chi connectivity index (χ4v) is 3.43. The second-order valence-electron chi connectivity index (χ2n) is 5.96. The van der Waals surface area contributed by atoms with Crippen molar-refractivity contribution in [2.45, 2.75) is 39.2 Å². The Labute approximate surface area is 126 Å². The normalized spacial score (nSPS) is 23.4. The molecule has 0 aliphatic heterocycles. The number of aromatic nitrogens is 2. The minimum absolute atomic E-state index is 0.298. The number of halogens is 2. The van der Waals surface area contributed by atoms with E-state index in [-0.39, 0.29) is 5.82 Å². The third-order valence-corrected chi connectivity index (χ3v) is 5.00. The van der Waals surface area contributed by atoms with Crippen LogP contribution in [0, 0.1) is 17.7 Å². The Balaban J connectivity index is 1.91. The topological polar surface area (TPSA) is 43.8 Å². The Morgan fingerprint density at radius 2 is 2.05 bits per heavy atom. The molecule has 1 fully saturated rings. The van der Waals surface area contributed by atoms with E-state index in [1.165, 1.54) is 31.7 Å². The molecule has 0 amide bonds. The van der Waals surface area contributed by atoms with Crippen LogP contribution in [0.4, 0.5) is 10.3 Å². The molecule has 5 heteroatoms. The second kappa shape index (κ2) is 5.35. The molecule has 2 aromatic rings. The van der Waals surface area contributed by atoms with Crippen LogP contribution in [0.25, 0.3) is 11.0 Å². The van der Waals surface area contributed by atoms with Gasteiger partial charge in [-0.3, -0.25) is 0 Å². The largest absolute Gasteiger partial charge is 0.369 e. The highest BCUT2D eigenvalue weighted by atomic mass is 79.9. The van der Waals surface area contributed by atoms with E-state index < -0.39 is 0 Å². The first-order valence-corrected chi connectivity index (χ1v) is 7.94. The second-order valence-corrected chi connectivity index (χ2v) is 6.82. The molecule has 20 heavy (non-hydrogen) atoms. The van der Waals surface area contributed by atoms with Crippen molar-refractivity contribution in [1.82, 2.24) is 9.55 Å². The van der Waals surface area contributed by atoms with Gasteiger partial charge in [-0.05, 0) is 46.7 Å². The van der Waals surface area contributed by atoms with Crippen molar-refractivity contribution >= 4 is 32.9 Å². The summed E-state index contributed by atoms with van der Waals surface area (Å²) in [6.45, 7) is 3.20. The van der Waals surface area contributed by atoms with Crippen LogP contribution in [-0.4, -0.2) is 9.55 Å². The van der Waals surface area contributed by atoms with E-state index in [4.69, 9.17) is 5.73 Å². The maximum atomic E-state index is 13.6. The fraction of sp³-hybridized carbons (Fsp3) is 0.533. The first-order chi connectivity index (χ1) is 9.54. The molecule has 0 bridgehead atoms. The molecule has 2 N–H and O–H groups in total. The number of hydrogen-bond acceptors (Lipinski definition) is 2. The Kier molecular flexibility index (Phi) is 3.71. The number of rotatable bonds is 2. The molecule has 108 valence electrons. The van der Waals surface area contributed by atoms with Gasteiger partial charge in [-0.25, -0.2) is 9.37 Å². The number of hydrogen-bond donors (Lipinski definition) is 1. The number of benzene rings is 1. The molecule has 0 spiro atoms. The molecule has 1 heterocycles. The average molecular weight is 340 g/mol. The van der Waals surface area contributed by atoms with Crippen molar-refractivity contribution in [3.8, 4) is 0 Å². The molecule has 1 aromatic carbocycles. The zero-order valence-electron chi connectivity index (χ0n) is 11.6. The summed E-state index contributed by atoms with van der Waals surface area (Å²) in [4.78, 5) is 4.28. The lowest BCUT2D eigenvalue weighted by Crippen LogP contribution is -2.18. The van der Waals surface area contributed by atoms with Gasteiger partial charge in [-0.15, -0.1) is 0 Å². The van der Waals surface area contributed by atoms with E-state index in [0.717, 1.165) is 18.0 Å². The highest BCUT2D eigenvalue weighted by molar-refractivity contribution is 9.10. The highest BCUT2D eigenvalue weighted by Crippen LogP contribution is 2.32. The zero-order chi connectivity index (χ0) is 14.3. The highest BCUT2D eigenvalue weighted by Gasteiger charge is 2.21. The fourth-order valence-electron chi connectivity index (χ4n) is 3.10. The van der Waals surface area contributed by atoms with Crippen molar-refractivity contribution in [1.29, 1.82) is 0 Å². The zero-order valence-corrected chi connectivity index (χ0v) is 13.2. The van der Waals surface area contributed by atoms with Crippen LogP contribution in [0.2, 0.25) is 0 Å². The minimum Gasteiger partial charge on any atom is -0.369 e. The first-order valence-electron chi connectivity index (χ1n) is 7.15. The number of nitrogens with two attached hydrogens (primary N) is 1. The first kappa shape index (κ1) is 13.9. The number of fused-ring (bicyclic) bond motifs is 1. The Hall–Kier alpha value is -1.10. The van der Waals surface area contributed by atoms with Crippen molar-refractivity contribution < 1.29 is 4.39 Å². The molecule has 1 aliphatic rings. The molecule has 0 atom stereocenters. The SMILES string of the molecule is CC1CCC(Cn2c(N)nc3cc(F)c(Br)cc32)CC1. The van der Waals surface area contributed by atoms with Gasteiger partial charge >= 0.3 is 0 Å². The van der Waals surface area contributed by atoms with E-state index in [0.29, 0.717) is 21.9 Å². The molecule has 1 aromatic heterocycles. The van der Waals surface area contributed by atoms with E-state index in [2.05, 4.69) is 27.8 Å². The number of anilines is 1. The maximum Gasteiger partial charge on any atom is 0.201 e.